The van der Waals surface area contributed by atoms with Gasteiger partial charge in [0.15, 0.2) is 17.5 Å². The van der Waals surface area contributed by atoms with E-state index in [2.05, 4.69) is 197 Å². The summed E-state index contributed by atoms with van der Waals surface area (Å²) in [5, 5.41) is 36.5. The standard InChI is InChI=1S/C19H19N3O2.2C19H17N3O.C12H17N3O2.C12H13N3.5C2H6.2CH4.Cl3OP.15K.3H/c1-14-7-9-15(10-8-14)11-12-20-18(23)13-17-21-19(24-22-17)16-5-3-2-4-6-16;1-13-7-8-14-9-10-22-17(16(14)11-13)12-18(21-22)20-19(23)15-5-3-2-4-6-15;1-13-7-8-14-9-10-20-17(16(14)11-13)12-18-21-19(23-22-18)15-5-3-2-4-6-15;1-9-2-4-10(5-3-9)6-7-14-12(16)8-11(13)15-17;1-8-2-3-9-4-5-15-11(10(9)6-8)7-12(13)14-15;5*1-2;;;1-5(2,3)4;;;;;;;;;;;;;;;;;;/h2-10H,11-13H2,1H3,(H,20,23);2-8,11-12H,9-10H2,1H3,(H,20,21,23);2-8,11-12,20H,9-10H2,1H3;2-5,17H,6-8H2,1H3,(H2,13,15)(H,14,16);2-3,6-7H,4-5H2,1H3,(H2,13,14);5*1-2H3;2*1H4;;;;;;;;;;;;;;;;;;;/q;;;;;;;;;;;;;;;;;;;;;;;;;3*+1;3*-1/b;;17-12-;;;;;;;;;;;;;;;;;;;;;;;;;;;;. The molecule has 0 unspecified atom stereocenters. The first-order valence-corrected chi connectivity index (χ1v) is 146. The monoisotopic (exact) mass is 2280 g/mol. The number of rotatable bonds is 15. The molecule has 0 aliphatic carbocycles. The average molecular weight is 2290 g/mol. The molecule has 15 rings (SSSR count). The van der Waals surface area contributed by atoms with Crippen molar-refractivity contribution in [3.63, 3.8) is 0 Å². The Morgan fingerprint density at radius 2 is 0.881 bits per heavy atom. The SMILES string of the molecule is C.C.CC.CC.CC.CC.CC.Cc1ccc(CCNC(=O)C/C(N)=N/O)cc1.Cc1ccc(CCNC(=O)Cc2noc(-c3ccccc3)n2)cc1.Cc1ccc2c(c1)-c1cc(N)nn1CC2.Cc1ccc2c(c1)-c1cc(NC(=O)c3ccccc3)nn1CC2.Cc1ccc2c(c1)/C(=C/c1noc(-c3ccccc3)n1)NCC2.O=P(Cl)(Cl)Cl.[H-].[H-].[H-].[K+].[K+].[K+].[K][K].[K][K].[K][K].[K][K].[K][K].[K][K]. The zero-order valence-corrected chi connectivity index (χ0v) is 135. The summed E-state index contributed by atoms with van der Waals surface area (Å²) in [6, 6.07) is 68.5. The van der Waals surface area contributed by atoms with Crippen molar-refractivity contribution < 1.29 is 192 Å². The first-order chi connectivity index (χ1) is 62.6. The van der Waals surface area contributed by atoms with Gasteiger partial charge in [-0.25, -0.2) is 0 Å². The summed E-state index contributed by atoms with van der Waals surface area (Å²) in [4.78, 5) is 44.2. The number of nitrogen functional groups attached to an aromatic ring is 1. The van der Waals surface area contributed by atoms with Crippen LogP contribution in [0.5, 0.6) is 0 Å². The van der Waals surface area contributed by atoms with Crippen LogP contribution in [0.1, 0.15) is 178 Å². The number of aromatic nitrogens is 8. The molecule has 654 valence electrons. The molecule has 9 N–H and O–H groups in total. The van der Waals surface area contributed by atoms with Crippen LogP contribution in [0, 0.1) is 34.6 Å². The van der Waals surface area contributed by atoms with Crippen LogP contribution in [0.4, 0.5) is 11.6 Å². The van der Waals surface area contributed by atoms with E-state index in [1.54, 1.807) is 12.1 Å². The van der Waals surface area contributed by atoms with E-state index in [4.69, 9.17) is 25.7 Å². The number of amides is 3. The van der Waals surface area contributed by atoms with Gasteiger partial charge in [-0.3, -0.25) is 28.3 Å². The van der Waals surface area contributed by atoms with E-state index in [9.17, 15) is 18.9 Å². The van der Waals surface area contributed by atoms with Crippen molar-refractivity contribution in [3.05, 3.63) is 285 Å². The fourth-order valence-corrected chi connectivity index (χ4v) is 11.7. The molecule has 12 aromatic rings. The van der Waals surface area contributed by atoms with Crippen molar-refractivity contribution in [2.45, 2.75) is 177 Å². The molecule has 0 spiro atoms. The van der Waals surface area contributed by atoms with Crippen LogP contribution in [-0.4, -0.2) is 467 Å². The normalized spacial score (nSPS) is 10.6. The number of nitrogens with two attached hydrogens (primary N) is 2. The van der Waals surface area contributed by atoms with Crippen molar-refractivity contribution in [3.8, 4) is 45.4 Å². The van der Waals surface area contributed by atoms with Gasteiger partial charge in [0.05, 0.1) is 24.2 Å². The molecule has 0 saturated carbocycles. The van der Waals surface area contributed by atoms with E-state index < -0.39 is 5.20 Å². The van der Waals surface area contributed by atoms with Crippen LogP contribution in [0.15, 0.2) is 220 Å². The van der Waals surface area contributed by atoms with Crippen LogP contribution in [0.3, 0.4) is 0 Å². The number of nitrogens with zero attached hydrogens (tertiary/aromatic N) is 9. The van der Waals surface area contributed by atoms with Gasteiger partial charge in [0.1, 0.15) is 11.7 Å². The summed E-state index contributed by atoms with van der Waals surface area (Å²) in [5.74, 6) is 2.58. The third-order valence-electron chi connectivity index (χ3n) is 17.1. The van der Waals surface area contributed by atoms with E-state index >= 15 is 0 Å². The number of halogens is 3. The molecular formula is C93H124Cl3K15N15O7P. The second-order valence-electron chi connectivity index (χ2n) is 25.6. The van der Waals surface area contributed by atoms with Gasteiger partial charge < -0.3 is 51.3 Å². The number of amidine groups is 1. The number of fused-ring (bicyclic) bond motifs is 7. The topological polar surface area (TPSA) is 315 Å². The Bertz CT molecular complexity index is 5170. The van der Waals surface area contributed by atoms with E-state index in [-0.39, 0.29) is 210 Å². The molecule has 0 bridgehead atoms. The first-order valence-electron chi connectivity index (χ1n) is 45.7. The number of hydrogen-bond donors (Lipinski definition) is 7. The van der Waals surface area contributed by atoms with Crippen molar-refractivity contribution in [1.82, 2.24) is 55.8 Å². The number of anilines is 2. The van der Waals surface area contributed by atoms with Gasteiger partial charge in [-0.15, -0.1) is 0 Å². The van der Waals surface area contributed by atoms with E-state index in [1.165, 1.54) is 451 Å². The molecule has 3 aliphatic rings. The van der Waals surface area contributed by atoms with Gasteiger partial charge in [0.2, 0.25) is 11.8 Å². The Kier molecular flexibility index (Phi) is 124. The Morgan fingerprint density at radius 3 is 1.31 bits per heavy atom. The minimum absolute atomic E-state index is 0. The van der Waals surface area contributed by atoms with Crippen molar-refractivity contribution in [1.29, 1.82) is 0 Å². The molecule has 22 nitrogen and oxygen atoms in total. The van der Waals surface area contributed by atoms with Crippen LogP contribution in [0.2, 0.25) is 0 Å². The van der Waals surface area contributed by atoms with Gasteiger partial charge in [-0.1, -0.05) is 267 Å². The third kappa shape index (κ3) is 69.6. The zero-order valence-electron chi connectivity index (χ0n) is 87.8. The van der Waals surface area contributed by atoms with E-state index in [0.717, 1.165) is 80.0 Å². The van der Waals surface area contributed by atoms with Crippen LogP contribution in [-0.2, 0) is 65.8 Å². The predicted octanol–water partition coefficient (Wildman–Crippen LogP) is 9.08. The van der Waals surface area contributed by atoms with Gasteiger partial charge in [-0.05, 0) is 183 Å². The molecule has 0 saturated heterocycles. The Hall–Kier alpha value is 13.1. The summed E-state index contributed by atoms with van der Waals surface area (Å²) in [6.45, 7) is 34.2. The molecular weight excluding hydrogens is 2160 g/mol. The summed E-state index contributed by atoms with van der Waals surface area (Å²) < 4.78 is 24.0. The van der Waals surface area contributed by atoms with Crippen molar-refractivity contribution >= 4 is 465 Å². The molecule has 8 aromatic carbocycles. The van der Waals surface area contributed by atoms with Crippen LogP contribution >= 0.6 is 38.9 Å². The second-order valence-corrected chi connectivity index (χ2v) is 32.2. The molecule has 0 atom stereocenters. The Labute approximate surface area is 1220 Å². The zero-order chi connectivity index (χ0) is 97.8. The molecule has 0 fully saturated rings. The van der Waals surface area contributed by atoms with Crippen molar-refractivity contribution in [2.24, 2.45) is 10.9 Å². The molecule has 41 heteroatoms. The number of carbonyl (C=O) groups is 3. The number of hydrogen-bond acceptors (Lipinski definition) is 16. The molecule has 0 radical (unpaired) electrons. The second kappa shape index (κ2) is 104. The number of aryl methyl sites for hydroxylation is 9. The summed E-state index contributed by atoms with van der Waals surface area (Å²) in [5.41, 5.74) is 33.0. The van der Waals surface area contributed by atoms with Crippen LogP contribution in [0.25, 0.3) is 57.2 Å². The maximum atomic E-state index is 12.3. The average Bonchev–Trinajstić information content (AvgIpc) is 1.66. The van der Waals surface area contributed by atoms with Crippen LogP contribution < -0.4 is 187 Å². The fourth-order valence-electron chi connectivity index (χ4n) is 11.7. The fraction of sp³-hybridized carbons (Fsp3) is 0.312. The summed E-state index contributed by atoms with van der Waals surface area (Å²) in [6.07, 6.45) is 6.60. The number of oxime groups is 1. The molecule has 3 amide bonds. The Morgan fingerprint density at radius 1 is 0.507 bits per heavy atom. The number of benzene rings is 8. The molecule has 7 heterocycles. The van der Waals surface area contributed by atoms with Gasteiger partial charge in [0.25, 0.3) is 17.7 Å². The number of carbonyl (C=O) groups excluding carboxylic acids is 3. The summed E-state index contributed by atoms with van der Waals surface area (Å²) >= 11 is 28.8. The van der Waals surface area contributed by atoms with E-state index in [1.807, 2.05) is 207 Å². The maximum absolute atomic E-state index is 12.3. The van der Waals surface area contributed by atoms with Gasteiger partial charge in [0, 0.05) is 90.0 Å². The van der Waals surface area contributed by atoms with Gasteiger partial charge in [-0.2, -0.15) is 20.2 Å². The quantitative estimate of drug-likeness (QED) is 0.0126. The number of nitrogens with one attached hydrogen (secondary N) is 4. The summed E-state index contributed by atoms with van der Waals surface area (Å²) in [7, 11) is 0. The molecule has 3 aliphatic heterocycles. The first kappa shape index (κ1) is 160. The van der Waals surface area contributed by atoms with Gasteiger partial charge >= 0.3 is 538 Å². The van der Waals surface area contributed by atoms with E-state index in [0.29, 0.717) is 53.7 Å². The third-order valence-corrected chi connectivity index (χ3v) is 17.1. The van der Waals surface area contributed by atoms with Crippen molar-refractivity contribution in [2.75, 3.05) is 30.7 Å². The minimum atomic E-state index is -3.22. The molecule has 134 heavy (non-hydrogen) atoms. The predicted molar refractivity (Wildman–Crippen MR) is 567 cm³/mol. The molecule has 4 aromatic heterocycles. The Balaban J connectivity index is -0.000000171.